The number of hydrogen-bond donors (Lipinski definition) is 2. The molecule has 23 heavy (non-hydrogen) atoms. The molecule has 7 heteroatoms. The number of aromatic hydroxyl groups is 1. The van der Waals surface area contributed by atoms with Crippen molar-refractivity contribution in [3.05, 3.63) is 17.2 Å². The monoisotopic (exact) mass is 323 g/mol. The summed E-state index contributed by atoms with van der Waals surface area (Å²) in [5, 5.41) is 19.8. The summed E-state index contributed by atoms with van der Waals surface area (Å²) < 4.78 is 10.4. The molecule has 0 amide bonds. The SMILES string of the molecule is COc1cc(OC)c(C(C)=O)c(O)c1CN1CCCC1C(=O)O. The molecule has 1 aromatic carbocycles. The van der Waals surface area contributed by atoms with Gasteiger partial charge < -0.3 is 19.7 Å². The molecule has 1 fully saturated rings. The molecule has 7 nitrogen and oxygen atoms in total. The molecule has 1 aliphatic heterocycles. The molecule has 0 bridgehead atoms. The van der Waals surface area contributed by atoms with Crippen LogP contribution in [0.2, 0.25) is 0 Å². The predicted octanol–water partition coefficient (Wildman–Crippen LogP) is 1.66. The number of aliphatic carboxylic acids is 1. The number of Topliss-reactive ketones (excluding diaryl/α,β-unsaturated/α-hetero) is 1. The highest BCUT2D eigenvalue weighted by molar-refractivity contribution is 6.00. The second-order valence-corrected chi connectivity index (χ2v) is 5.51. The van der Waals surface area contributed by atoms with Gasteiger partial charge in [-0.05, 0) is 26.3 Å². The molecule has 0 radical (unpaired) electrons. The molecule has 1 aromatic rings. The van der Waals surface area contributed by atoms with Crippen LogP contribution in [0, 0.1) is 0 Å². The minimum atomic E-state index is -0.888. The van der Waals surface area contributed by atoms with Gasteiger partial charge in [-0.15, -0.1) is 0 Å². The normalized spacial score (nSPS) is 18.0. The van der Waals surface area contributed by atoms with Crippen molar-refractivity contribution in [2.24, 2.45) is 0 Å². The highest BCUT2D eigenvalue weighted by Crippen LogP contribution is 2.40. The van der Waals surface area contributed by atoms with E-state index >= 15 is 0 Å². The van der Waals surface area contributed by atoms with Crippen LogP contribution in [0.25, 0.3) is 0 Å². The Balaban J connectivity index is 2.46. The average Bonchev–Trinajstić information content (AvgIpc) is 2.96. The zero-order valence-corrected chi connectivity index (χ0v) is 13.5. The zero-order valence-electron chi connectivity index (χ0n) is 13.5. The molecule has 2 rings (SSSR count). The number of carbonyl (C=O) groups is 2. The van der Waals surface area contributed by atoms with Crippen LogP contribution in [0.1, 0.15) is 35.7 Å². The molecular formula is C16H21NO6. The van der Waals surface area contributed by atoms with Gasteiger partial charge in [0.2, 0.25) is 0 Å². The second-order valence-electron chi connectivity index (χ2n) is 5.51. The first kappa shape index (κ1) is 17.1. The first-order valence-corrected chi connectivity index (χ1v) is 7.35. The van der Waals surface area contributed by atoms with E-state index in [4.69, 9.17) is 9.47 Å². The summed E-state index contributed by atoms with van der Waals surface area (Å²) in [6, 6.07) is 0.944. The van der Waals surface area contributed by atoms with Crippen LogP contribution >= 0.6 is 0 Å². The van der Waals surface area contributed by atoms with Crippen molar-refractivity contribution in [1.82, 2.24) is 4.90 Å². The number of phenolic OH excluding ortho intramolecular Hbond substituents is 1. The van der Waals surface area contributed by atoms with E-state index in [2.05, 4.69) is 0 Å². The number of hydrogen-bond acceptors (Lipinski definition) is 6. The van der Waals surface area contributed by atoms with Crippen molar-refractivity contribution < 1.29 is 29.3 Å². The topological polar surface area (TPSA) is 96.3 Å². The van der Waals surface area contributed by atoms with E-state index in [0.717, 1.165) is 6.42 Å². The Bertz CT molecular complexity index is 627. The Morgan fingerprint density at radius 2 is 1.96 bits per heavy atom. The molecule has 1 atom stereocenters. The molecule has 0 aromatic heterocycles. The molecule has 0 saturated carbocycles. The largest absolute Gasteiger partial charge is 0.507 e. The van der Waals surface area contributed by atoms with Crippen molar-refractivity contribution in [2.75, 3.05) is 20.8 Å². The molecule has 2 N–H and O–H groups in total. The van der Waals surface area contributed by atoms with Gasteiger partial charge in [0.05, 0.1) is 19.8 Å². The van der Waals surface area contributed by atoms with Crippen LogP contribution in [-0.2, 0) is 11.3 Å². The molecule has 1 unspecified atom stereocenters. The summed E-state index contributed by atoms with van der Waals surface area (Å²) in [6.07, 6.45) is 1.34. The fourth-order valence-electron chi connectivity index (χ4n) is 3.00. The van der Waals surface area contributed by atoms with Gasteiger partial charge in [-0.1, -0.05) is 0 Å². The van der Waals surface area contributed by atoms with Gasteiger partial charge in [-0.25, -0.2) is 0 Å². The molecule has 1 heterocycles. The lowest BCUT2D eigenvalue weighted by atomic mass is 10.0. The number of ketones is 1. The number of carbonyl (C=O) groups excluding carboxylic acids is 1. The van der Waals surface area contributed by atoms with Crippen molar-refractivity contribution in [2.45, 2.75) is 32.4 Å². The Morgan fingerprint density at radius 1 is 1.30 bits per heavy atom. The van der Waals surface area contributed by atoms with Crippen molar-refractivity contribution >= 4 is 11.8 Å². The van der Waals surface area contributed by atoms with Crippen LogP contribution in [-0.4, -0.2) is 53.7 Å². The summed E-state index contributed by atoms with van der Waals surface area (Å²) >= 11 is 0. The number of ether oxygens (including phenoxy) is 2. The van der Waals surface area contributed by atoms with Crippen LogP contribution < -0.4 is 9.47 Å². The predicted molar refractivity (Wildman–Crippen MR) is 82.3 cm³/mol. The lowest BCUT2D eigenvalue weighted by Crippen LogP contribution is -2.35. The fourth-order valence-corrected chi connectivity index (χ4v) is 3.00. The van der Waals surface area contributed by atoms with E-state index in [1.165, 1.54) is 27.2 Å². The minimum absolute atomic E-state index is 0.0781. The van der Waals surface area contributed by atoms with E-state index in [0.29, 0.717) is 24.3 Å². The Hall–Kier alpha value is -2.28. The Kier molecular flexibility index (Phi) is 5.10. The maximum Gasteiger partial charge on any atom is 0.320 e. The van der Waals surface area contributed by atoms with Gasteiger partial charge in [0.1, 0.15) is 28.9 Å². The maximum atomic E-state index is 11.8. The number of likely N-dealkylation sites (tertiary alicyclic amines) is 1. The van der Waals surface area contributed by atoms with Gasteiger partial charge in [0, 0.05) is 12.6 Å². The van der Waals surface area contributed by atoms with Crippen molar-refractivity contribution in [3.8, 4) is 17.2 Å². The van der Waals surface area contributed by atoms with Crippen LogP contribution in [0.4, 0.5) is 0 Å². The summed E-state index contributed by atoms with van der Waals surface area (Å²) in [7, 11) is 2.85. The van der Waals surface area contributed by atoms with E-state index in [-0.39, 0.29) is 29.4 Å². The van der Waals surface area contributed by atoms with Gasteiger partial charge in [0.25, 0.3) is 0 Å². The summed E-state index contributed by atoms with van der Waals surface area (Å²) in [5.41, 5.74) is 0.473. The lowest BCUT2D eigenvalue weighted by molar-refractivity contribution is -0.142. The Morgan fingerprint density at radius 3 is 2.48 bits per heavy atom. The number of nitrogens with zero attached hydrogens (tertiary/aromatic N) is 1. The first-order valence-electron chi connectivity index (χ1n) is 7.35. The Labute approximate surface area is 134 Å². The molecule has 0 spiro atoms. The number of carboxylic acid groups (broad SMARTS) is 1. The van der Waals surface area contributed by atoms with E-state index < -0.39 is 12.0 Å². The molecule has 126 valence electrons. The molecule has 0 aliphatic carbocycles. The average molecular weight is 323 g/mol. The van der Waals surface area contributed by atoms with Gasteiger partial charge in [-0.2, -0.15) is 0 Å². The maximum absolute atomic E-state index is 11.8. The second kappa shape index (κ2) is 6.87. The number of rotatable bonds is 6. The third-order valence-corrected chi connectivity index (χ3v) is 4.13. The third-order valence-electron chi connectivity index (χ3n) is 4.13. The summed E-state index contributed by atoms with van der Waals surface area (Å²) in [6.45, 7) is 2.14. The van der Waals surface area contributed by atoms with Gasteiger partial charge in [-0.3, -0.25) is 14.5 Å². The third kappa shape index (κ3) is 3.24. The summed E-state index contributed by atoms with van der Waals surface area (Å²) in [5.74, 6) is -0.849. The quantitative estimate of drug-likeness (QED) is 0.769. The number of benzene rings is 1. The van der Waals surface area contributed by atoms with Crippen molar-refractivity contribution in [3.63, 3.8) is 0 Å². The molecule has 1 saturated heterocycles. The van der Waals surface area contributed by atoms with Crippen LogP contribution in [0.15, 0.2) is 6.07 Å². The minimum Gasteiger partial charge on any atom is -0.507 e. The number of phenols is 1. The lowest BCUT2D eigenvalue weighted by Gasteiger charge is -2.24. The molecule has 1 aliphatic rings. The van der Waals surface area contributed by atoms with Gasteiger partial charge >= 0.3 is 5.97 Å². The van der Waals surface area contributed by atoms with E-state index in [1.54, 1.807) is 4.90 Å². The highest BCUT2D eigenvalue weighted by Gasteiger charge is 2.32. The zero-order chi connectivity index (χ0) is 17.1. The number of methoxy groups -OCH3 is 2. The first-order chi connectivity index (χ1) is 10.9. The molecular weight excluding hydrogens is 302 g/mol. The van der Waals surface area contributed by atoms with E-state index in [9.17, 15) is 19.8 Å². The smallest absolute Gasteiger partial charge is 0.320 e. The van der Waals surface area contributed by atoms with Crippen molar-refractivity contribution in [1.29, 1.82) is 0 Å². The fraction of sp³-hybridized carbons (Fsp3) is 0.500. The van der Waals surface area contributed by atoms with Gasteiger partial charge in [0.15, 0.2) is 5.78 Å². The summed E-state index contributed by atoms with van der Waals surface area (Å²) in [4.78, 5) is 24.9. The van der Waals surface area contributed by atoms with Crippen LogP contribution in [0.5, 0.6) is 17.2 Å². The highest BCUT2D eigenvalue weighted by atomic mass is 16.5. The standard InChI is InChI=1S/C16H21NO6/c1-9(18)14-13(23-3)7-12(22-2)10(15(14)19)8-17-6-4-5-11(17)16(20)21/h7,11,19H,4-6,8H2,1-3H3,(H,20,21). The van der Waals surface area contributed by atoms with Crippen LogP contribution in [0.3, 0.4) is 0 Å². The van der Waals surface area contributed by atoms with E-state index in [1.807, 2.05) is 0 Å². The number of carboxylic acids is 1.